The molecule has 0 aliphatic carbocycles. The van der Waals surface area contributed by atoms with Crippen LogP contribution < -0.4 is 15.4 Å². The molecule has 0 unspecified atom stereocenters. The second-order valence-corrected chi connectivity index (χ2v) is 4.75. The van der Waals surface area contributed by atoms with E-state index in [1.165, 1.54) is 19.4 Å². The molecule has 0 radical (unpaired) electrons. The largest absolute Gasteiger partial charge is 0.494 e. The summed E-state index contributed by atoms with van der Waals surface area (Å²) in [5.41, 5.74) is 1.23. The SMILES string of the molecule is C=CCNC(=O)c1ccc(NCc2ccc(OC)c(F)c2)nc1. The van der Waals surface area contributed by atoms with E-state index in [4.69, 9.17) is 4.74 Å². The molecule has 0 saturated carbocycles. The van der Waals surface area contributed by atoms with Crippen molar-refractivity contribution in [2.24, 2.45) is 0 Å². The summed E-state index contributed by atoms with van der Waals surface area (Å²) < 4.78 is 18.5. The molecule has 0 saturated heterocycles. The van der Waals surface area contributed by atoms with Crippen LogP contribution in [0, 0.1) is 5.82 Å². The molecule has 0 spiro atoms. The molecule has 2 N–H and O–H groups in total. The number of pyridine rings is 1. The van der Waals surface area contributed by atoms with Crippen molar-refractivity contribution < 1.29 is 13.9 Å². The van der Waals surface area contributed by atoms with Crippen LogP contribution in [-0.4, -0.2) is 24.5 Å². The Morgan fingerprint density at radius 2 is 2.22 bits per heavy atom. The van der Waals surface area contributed by atoms with Gasteiger partial charge in [-0.15, -0.1) is 6.58 Å². The summed E-state index contributed by atoms with van der Waals surface area (Å²) >= 11 is 0. The third-order valence-electron chi connectivity index (χ3n) is 3.12. The molecule has 6 heteroatoms. The lowest BCUT2D eigenvalue weighted by molar-refractivity contribution is 0.0957. The third kappa shape index (κ3) is 4.54. The molecule has 2 aromatic rings. The van der Waals surface area contributed by atoms with Gasteiger partial charge in [0.05, 0.1) is 12.7 Å². The van der Waals surface area contributed by atoms with Gasteiger partial charge in [0.15, 0.2) is 11.6 Å². The molecule has 5 nitrogen and oxygen atoms in total. The van der Waals surface area contributed by atoms with Crippen LogP contribution in [0.25, 0.3) is 0 Å². The molecule has 1 heterocycles. The standard InChI is InChI=1S/C17H18FN3O2/c1-3-8-19-17(22)13-5-7-16(21-11-13)20-10-12-4-6-15(23-2)14(18)9-12/h3-7,9,11H,1,8,10H2,2H3,(H,19,22)(H,20,21). The number of hydrogen-bond donors (Lipinski definition) is 2. The van der Waals surface area contributed by atoms with Gasteiger partial charge in [0.25, 0.3) is 5.91 Å². The molecule has 120 valence electrons. The van der Waals surface area contributed by atoms with Crippen molar-refractivity contribution in [3.63, 3.8) is 0 Å². The minimum absolute atomic E-state index is 0.207. The monoisotopic (exact) mass is 315 g/mol. The molecule has 1 aromatic carbocycles. The first-order chi connectivity index (χ1) is 11.1. The minimum Gasteiger partial charge on any atom is -0.494 e. The summed E-state index contributed by atoms with van der Waals surface area (Å²) in [6.45, 7) is 4.35. The van der Waals surface area contributed by atoms with Crippen molar-refractivity contribution in [3.8, 4) is 5.75 Å². The van der Waals surface area contributed by atoms with Gasteiger partial charge in [-0.2, -0.15) is 0 Å². The Bertz CT molecular complexity index is 687. The Labute approximate surface area is 134 Å². The fraction of sp³-hybridized carbons (Fsp3) is 0.176. The molecule has 0 bridgehead atoms. The predicted octanol–water partition coefficient (Wildman–Crippen LogP) is 2.76. The van der Waals surface area contributed by atoms with E-state index in [0.717, 1.165) is 5.56 Å². The first kappa shape index (κ1) is 16.5. The summed E-state index contributed by atoms with van der Waals surface area (Å²) in [7, 11) is 1.42. The topological polar surface area (TPSA) is 63.2 Å². The number of carbonyl (C=O) groups is 1. The fourth-order valence-electron chi connectivity index (χ4n) is 1.91. The van der Waals surface area contributed by atoms with Crippen LogP contribution >= 0.6 is 0 Å². The number of methoxy groups -OCH3 is 1. The highest BCUT2D eigenvalue weighted by atomic mass is 19.1. The van der Waals surface area contributed by atoms with Crippen molar-refractivity contribution in [2.75, 3.05) is 19.0 Å². The molecule has 1 amide bonds. The first-order valence-corrected chi connectivity index (χ1v) is 7.05. The summed E-state index contributed by atoms with van der Waals surface area (Å²) in [6.07, 6.45) is 3.09. The average molecular weight is 315 g/mol. The van der Waals surface area contributed by atoms with Gasteiger partial charge in [-0.3, -0.25) is 4.79 Å². The lowest BCUT2D eigenvalue weighted by atomic mass is 10.2. The summed E-state index contributed by atoms with van der Waals surface area (Å²) in [5, 5.41) is 5.74. The number of hydrogen-bond acceptors (Lipinski definition) is 4. The highest BCUT2D eigenvalue weighted by molar-refractivity contribution is 5.94. The molecule has 0 fully saturated rings. The zero-order valence-corrected chi connectivity index (χ0v) is 12.8. The number of amides is 1. The second-order valence-electron chi connectivity index (χ2n) is 4.75. The average Bonchev–Trinajstić information content (AvgIpc) is 2.58. The number of nitrogens with zero attached hydrogens (tertiary/aromatic N) is 1. The van der Waals surface area contributed by atoms with Crippen LogP contribution in [0.2, 0.25) is 0 Å². The Hall–Kier alpha value is -2.89. The van der Waals surface area contributed by atoms with E-state index < -0.39 is 5.82 Å². The Morgan fingerprint density at radius 3 is 2.83 bits per heavy atom. The predicted molar refractivity (Wildman–Crippen MR) is 87.0 cm³/mol. The van der Waals surface area contributed by atoms with Gasteiger partial charge >= 0.3 is 0 Å². The number of benzene rings is 1. The molecule has 1 aromatic heterocycles. The Balaban J connectivity index is 1.94. The third-order valence-corrected chi connectivity index (χ3v) is 3.12. The van der Waals surface area contributed by atoms with Gasteiger partial charge in [0.1, 0.15) is 5.82 Å². The first-order valence-electron chi connectivity index (χ1n) is 7.05. The van der Waals surface area contributed by atoms with Crippen LogP contribution in [0.5, 0.6) is 5.75 Å². The van der Waals surface area contributed by atoms with Gasteiger partial charge in [-0.05, 0) is 29.8 Å². The molecule has 2 rings (SSSR count). The molecule has 23 heavy (non-hydrogen) atoms. The maximum Gasteiger partial charge on any atom is 0.253 e. The maximum absolute atomic E-state index is 13.6. The molecule has 0 aliphatic rings. The van der Waals surface area contributed by atoms with E-state index in [1.807, 2.05) is 0 Å². The molecule has 0 atom stereocenters. The highest BCUT2D eigenvalue weighted by Crippen LogP contribution is 2.18. The van der Waals surface area contributed by atoms with Gasteiger partial charge < -0.3 is 15.4 Å². The van der Waals surface area contributed by atoms with E-state index in [2.05, 4.69) is 22.2 Å². The molecule has 0 aliphatic heterocycles. The second kappa shape index (κ2) is 7.93. The van der Waals surface area contributed by atoms with Crippen LogP contribution in [0.3, 0.4) is 0 Å². The zero-order chi connectivity index (χ0) is 16.7. The van der Waals surface area contributed by atoms with E-state index in [-0.39, 0.29) is 11.7 Å². The van der Waals surface area contributed by atoms with E-state index in [1.54, 1.807) is 30.3 Å². The van der Waals surface area contributed by atoms with Crippen molar-refractivity contribution in [1.29, 1.82) is 0 Å². The van der Waals surface area contributed by atoms with Crippen LogP contribution in [0.15, 0.2) is 49.2 Å². The van der Waals surface area contributed by atoms with E-state index >= 15 is 0 Å². The van der Waals surface area contributed by atoms with E-state index in [9.17, 15) is 9.18 Å². The number of carbonyl (C=O) groups excluding carboxylic acids is 1. The number of ether oxygens (including phenoxy) is 1. The van der Waals surface area contributed by atoms with Crippen molar-refractivity contribution in [3.05, 3.63) is 66.1 Å². The minimum atomic E-state index is -0.408. The van der Waals surface area contributed by atoms with Gasteiger partial charge in [-0.25, -0.2) is 9.37 Å². The molecular weight excluding hydrogens is 297 g/mol. The highest BCUT2D eigenvalue weighted by Gasteiger charge is 2.06. The van der Waals surface area contributed by atoms with Crippen LogP contribution in [0.1, 0.15) is 15.9 Å². The van der Waals surface area contributed by atoms with E-state index in [0.29, 0.717) is 24.5 Å². The number of nitrogens with one attached hydrogen (secondary N) is 2. The number of halogens is 1. The molecular formula is C17H18FN3O2. The fourth-order valence-corrected chi connectivity index (χ4v) is 1.91. The number of aromatic nitrogens is 1. The van der Waals surface area contributed by atoms with Crippen LogP contribution in [-0.2, 0) is 6.54 Å². The zero-order valence-electron chi connectivity index (χ0n) is 12.8. The number of anilines is 1. The van der Waals surface area contributed by atoms with Gasteiger partial charge in [-0.1, -0.05) is 12.1 Å². The normalized spacial score (nSPS) is 10.0. The quantitative estimate of drug-likeness (QED) is 0.771. The lowest BCUT2D eigenvalue weighted by Gasteiger charge is -2.08. The Kier molecular flexibility index (Phi) is 5.68. The van der Waals surface area contributed by atoms with Crippen molar-refractivity contribution >= 4 is 11.7 Å². The van der Waals surface area contributed by atoms with Gasteiger partial charge in [0, 0.05) is 19.3 Å². The van der Waals surface area contributed by atoms with Crippen LogP contribution in [0.4, 0.5) is 10.2 Å². The van der Waals surface area contributed by atoms with Gasteiger partial charge in [0.2, 0.25) is 0 Å². The van der Waals surface area contributed by atoms with Crippen molar-refractivity contribution in [1.82, 2.24) is 10.3 Å². The smallest absolute Gasteiger partial charge is 0.253 e. The summed E-state index contributed by atoms with van der Waals surface area (Å²) in [6, 6.07) is 8.12. The number of rotatable bonds is 7. The lowest BCUT2D eigenvalue weighted by Crippen LogP contribution is -2.23. The van der Waals surface area contributed by atoms with Crippen molar-refractivity contribution in [2.45, 2.75) is 6.54 Å². The maximum atomic E-state index is 13.6. The summed E-state index contributed by atoms with van der Waals surface area (Å²) in [5.74, 6) is 0.193. The summed E-state index contributed by atoms with van der Waals surface area (Å²) in [4.78, 5) is 15.9. The Morgan fingerprint density at radius 1 is 1.39 bits per heavy atom.